The van der Waals surface area contributed by atoms with Crippen LogP contribution in [0.25, 0.3) is 0 Å². The molecule has 0 saturated heterocycles. The van der Waals surface area contributed by atoms with Crippen molar-refractivity contribution in [1.82, 2.24) is 4.31 Å². The van der Waals surface area contributed by atoms with E-state index in [1.165, 1.54) is 19.2 Å². The van der Waals surface area contributed by atoms with Crippen LogP contribution in [-0.4, -0.2) is 26.3 Å². The van der Waals surface area contributed by atoms with Crippen molar-refractivity contribution in [2.45, 2.75) is 11.3 Å². The van der Waals surface area contributed by atoms with Gasteiger partial charge in [-0.2, -0.15) is 9.57 Å². The van der Waals surface area contributed by atoms with Crippen molar-refractivity contribution in [2.75, 3.05) is 19.3 Å². The summed E-state index contributed by atoms with van der Waals surface area (Å²) in [5.41, 5.74) is 5.32. The molecule has 0 aromatic heterocycles. The van der Waals surface area contributed by atoms with E-state index in [0.29, 0.717) is 0 Å². The first-order valence-electron chi connectivity index (χ1n) is 4.78. The van der Waals surface area contributed by atoms with Crippen molar-refractivity contribution in [3.63, 3.8) is 0 Å². The van der Waals surface area contributed by atoms with Crippen LogP contribution in [0.5, 0.6) is 0 Å². The first-order valence-corrected chi connectivity index (χ1v) is 6.22. The number of benzene rings is 1. The van der Waals surface area contributed by atoms with Gasteiger partial charge >= 0.3 is 0 Å². The molecular weight excluding hydrogens is 245 g/mol. The number of nitriles is 1. The Morgan fingerprint density at radius 1 is 1.53 bits per heavy atom. The van der Waals surface area contributed by atoms with Crippen molar-refractivity contribution < 1.29 is 12.8 Å². The predicted molar refractivity (Wildman–Crippen MR) is 60.9 cm³/mol. The average molecular weight is 257 g/mol. The largest absolute Gasteiger partial charge is 0.398 e. The fraction of sp³-hybridized carbons (Fsp3) is 0.300. The molecule has 0 fully saturated rings. The van der Waals surface area contributed by atoms with E-state index in [-0.39, 0.29) is 18.7 Å². The fourth-order valence-corrected chi connectivity index (χ4v) is 2.60. The molecule has 0 amide bonds. The number of hydrogen-bond donors (Lipinski definition) is 1. The van der Waals surface area contributed by atoms with Crippen molar-refractivity contribution >= 4 is 15.7 Å². The molecule has 0 bridgehead atoms. The molecule has 1 aromatic rings. The molecule has 0 unspecified atom stereocenters. The van der Waals surface area contributed by atoms with Crippen LogP contribution in [0.15, 0.2) is 23.1 Å². The summed E-state index contributed by atoms with van der Waals surface area (Å²) in [6, 6.07) is 5.50. The predicted octanol–water partition coefficient (Wildman–Crippen LogP) is 0.942. The Labute approximate surface area is 99.3 Å². The minimum Gasteiger partial charge on any atom is -0.398 e. The summed E-state index contributed by atoms with van der Waals surface area (Å²) in [6.07, 6.45) is 0.0318. The summed E-state index contributed by atoms with van der Waals surface area (Å²) in [5, 5.41) is 8.39. The third-order valence-corrected chi connectivity index (χ3v) is 4.15. The van der Waals surface area contributed by atoms with Gasteiger partial charge in [0.2, 0.25) is 10.0 Å². The Morgan fingerprint density at radius 2 is 2.18 bits per heavy atom. The summed E-state index contributed by atoms with van der Waals surface area (Å²) in [4.78, 5) is -0.541. The molecule has 0 radical (unpaired) electrons. The maximum Gasteiger partial charge on any atom is 0.247 e. The monoisotopic (exact) mass is 257 g/mol. The summed E-state index contributed by atoms with van der Waals surface area (Å²) < 4.78 is 38.3. The van der Waals surface area contributed by atoms with E-state index < -0.39 is 20.7 Å². The standard InChI is InChI=1S/C10H12FN3O2S/c1-14(7-3-6-12)17(15,16)10-8(11)4-2-5-9(10)13/h2,4-5H,3,7,13H2,1H3. The van der Waals surface area contributed by atoms with Crippen LogP contribution in [0.2, 0.25) is 0 Å². The third kappa shape index (κ3) is 2.72. The van der Waals surface area contributed by atoms with Gasteiger partial charge in [-0.05, 0) is 12.1 Å². The second kappa shape index (κ2) is 5.12. The molecule has 0 aliphatic heterocycles. The van der Waals surface area contributed by atoms with E-state index in [4.69, 9.17) is 11.0 Å². The number of nitrogen functional groups attached to an aromatic ring is 1. The number of anilines is 1. The lowest BCUT2D eigenvalue weighted by molar-refractivity contribution is 0.469. The first kappa shape index (κ1) is 13.4. The molecule has 2 N–H and O–H groups in total. The van der Waals surface area contributed by atoms with Crippen LogP contribution < -0.4 is 5.73 Å². The number of sulfonamides is 1. The SMILES string of the molecule is CN(CCC#N)S(=O)(=O)c1c(N)cccc1F. The van der Waals surface area contributed by atoms with E-state index in [1.807, 2.05) is 6.07 Å². The van der Waals surface area contributed by atoms with Crippen LogP contribution in [0, 0.1) is 17.1 Å². The van der Waals surface area contributed by atoms with Gasteiger partial charge in [0.25, 0.3) is 0 Å². The van der Waals surface area contributed by atoms with E-state index in [2.05, 4.69) is 0 Å². The van der Waals surface area contributed by atoms with Crippen LogP contribution in [-0.2, 0) is 10.0 Å². The van der Waals surface area contributed by atoms with Gasteiger partial charge in [-0.15, -0.1) is 0 Å². The van der Waals surface area contributed by atoms with Gasteiger partial charge in [-0.25, -0.2) is 12.8 Å². The lowest BCUT2D eigenvalue weighted by Crippen LogP contribution is -2.29. The molecular formula is C10H12FN3O2S. The molecule has 17 heavy (non-hydrogen) atoms. The molecule has 7 heteroatoms. The van der Waals surface area contributed by atoms with Crippen LogP contribution in [0.4, 0.5) is 10.1 Å². The Hall–Kier alpha value is -1.65. The molecule has 0 spiro atoms. The topological polar surface area (TPSA) is 87.2 Å². The van der Waals surface area contributed by atoms with E-state index in [0.717, 1.165) is 10.4 Å². The van der Waals surface area contributed by atoms with Crippen molar-refractivity contribution in [3.05, 3.63) is 24.0 Å². The molecule has 92 valence electrons. The van der Waals surface area contributed by atoms with Gasteiger partial charge in [-0.1, -0.05) is 6.07 Å². The average Bonchev–Trinajstić information content (AvgIpc) is 2.25. The lowest BCUT2D eigenvalue weighted by Gasteiger charge is -2.17. The molecule has 0 aliphatic rings. The zero-order valence-electron chi connectivity index (χ0n) is 9.22. The van der Waals surface area contributed by atoms with Crippen LogP contribution in [0.1, 0.15) is 6.42 Å². The van der Waals surface area contributed by atoms with Gasteiger partial charge in [0.15, 0.2) is 0 Å². The van der Waals surface area contributed by atoms with Crippen molar-refractivity contribution in [2.24, 2.45) is 0 Å². The molecule has 1 rings (SSSR count). The smallest absolute Gasteiger partial charge is 0.247 e. The van der Waals surface area contributed by atoms with Gasteiger partial charge in [0, 0.05) is 20.0 Å². The highest BCUT2D eigenvalue weighted by Crippen LogP contribution is 2.24. The highest BCUT2D eigenvalue weighted by Gasteiger charge is 2.26. The Balaban J connectivity index is 3.19. The van der Waals surface area contributed by atoms with E-state index >= 15 is 0 Å². The molecule has 5 nitrogen and oxygen atoms in total. The highest BCUT2D eigenvalue weighted by atomic mass is 32.2. The van der Waals surface area contributed by atoms with Gasteiger partial charge in [0.05, 0.1) is 11.8 Å². The lowest BCUT2D eigenvalue weighted by atomic mass is 10.3. The first-order chi connectivity index (χ1) is 7.91. The molecule has 0 heterocycles. The minimum atomic E-state index is -3.99. The Kier molecular flexibility index (Phi) is 4.04. The summed E-state index contributed by atoms with van der Waals surface area (Å²) in [7, 11) is -2.71. The van der Waals surface area contributed by atoms with Crippen molar-refractivity contribution in [3.8, 4) is 6.07 Å². The molecule has 1 aromatic carbocycles. The number of hydrogen-bond acceptors (Lipinski definition) is 4. The Bertz CT molecular complexity index is 531. The molecule has 0 saturated carbocycles. The molecule has 0 atom stereocenters. The van der Waals surface area contributed by atoms with Crippen LogP contribution in [0.3, 0.4) is 0 Å². The molecule has 0 aliphatic carbocycles. The summed E-state index contributed by atoms with van der Waals surface area (Å²) in [6.45, 7) is -0.00733. The van der Waals surface area contributed by atoms with Gasteiger partial charge < -0.3 is 5.73 Å². The van der Waals surface area contributed by atoms with E-state index in [9.17, 15) is 12.8 Å². The highest BCUT2D eigenvalue weighted by molar-refractivity contribution is 7.89. The number of nitrogens with two attached hydrogens (primary N) is 1. The minimum absolute atomic E-state index is 0.00733. The number of rotatable bonds is 4. The normalized spacial score (nSPS) is 11.4. The number of nitrogens with zero attached hydrogens (tertiary/aromatic N) is 2. The van der Waals surface area contributed by atoms with Gasteiger partial charge in [0.1, 0.15) is 10.7 Å². The second-order valence-electron chi connectivity index (χ2n) is 3.39. The zero-order chi connectivity index (χ0) is 13.1. The van der Waals surface area contributed by atoms with E-state index in [1.54, 1.807) is 0 Å². The Morgan fingerprint density at radius 3 is 2.71 bits per heavy atom. The summed E-state index contributed by atoms with van der Waals surface area (Å²) in [5.74, 6) is -0.895. The number of halogens is 1. The maximum atomic E-state index is 13.5. The van der Waals surface area contributed by atoms with Crippen molar-refractivity contribution in [1.29, 1.82) is 5.26 Å². The maximum absolute atomic E-state index is 13.5. The third-order valence-electron chi connectivity index (χ3n) is 2.20. The second-order valence-corrected chi connectivity index (χ2v) is 5.37. The summed E-state index contributed by atoms with van der Waals surface area (Å²) >= 11 is 0. The van der Waals surface area contributed by atoms with Crippen LogP contribution >= 0.6 is 0 Å². The fourth-order valence-electron chi connectivity index (χ4n) is 1.28. The van der Waals surface area contributed by atoms with Gasteiger partial charge in [-0.3, -0.25) is 0 Å². The quantitative estimate of drug-likeness (QED) is 0.813. The zero-order valence-corrected chi connectivity index (χ0v) is 10.0.